The number of carbonyl (C=O) groups excluding carboxylic acids is 3. The van der Waals surface area contributed by atoms with Gasteiger partial charge in [-0.2, -0.15) is 0 Å². The highest BCUT2D eigenvalue weighted by atomic mass is 32.1. The van der Waals surface area contributed by atoms with E-state index in [1.165, 1.54) is 11.3 Å². The number of nitrogens with one attached hydrogen (secondary N) is 1. The molecule has 2 aliphatic heterocycles. The van der Waals surface area contributed by atoms with Gasteiger partial charge in [0.05, 0.1) is 11.6 Å². The van der Waals surface area contributed by atoms with Gasteiger partial charge in [0, 0.05) is 29.4 Å². The maximum Gasteiger partial charge on any atom is 0.257 e. The molecule has 5 rings (SSSR count). The number of hydrogen-bond donors (Lipinski definition) is 2. The van der Waals surface area contributed by atoms with Crippen molar-refractivity contribution in [2.45, 2.75) is 38.0 Å². The largest absolute Gasteiger partial charge is 0.454 e. The first-order valence-electron chi connectivity index (χ1n) is 10.8. The zero-order valence-electron chi connectivity index (χ0n) is 17.5. The van der Waals surface area contributed by atoms with Crippen molar-refractivity contribution in [3.63, 3.8) is 0 Å². The van der Waals surface area contributed by atoms with Crippen molar-refractivity contribution in [2.75, 3.05) is 25.2 Å². The highest BCUT2D eigenvalue weighted by molar-refractivity contribution is 7.16. The number of fused-ring (bicyclic) bond motifs is 2. The third kappa shape index (κ3) is 3.90. The van der Waals surface area contributed by atoms with Crippen molar-refractivity contribution in [3.8, 4) is 11.5 Å². The van der Waals surface area contributed by atoms with E-state index in [-0.39, 0.29) is 36.4 Å². The van der Waals surface area contributed by atoms with Gasteiger partial charge in [0.15, 0.2) is 16.6 Å². The Morgan fingerprint density at radius 3 is 2.69 bits per heavy atom. The minimum absolute atomic E-state index is 0.0489. The first kappa shape index (κ1) is 20.7. The third-order valence-electron chi connectivity index (χ3n) is 6.32. The Morgan fingerprint density at radius 2 is 1.91 bits per heavy atom. The molecule has 3 aliphatic rings. The minimum Gasteiger partial charge on any atom is -0.454 e. The number of amides is 3. The predicted octanol–water partition coefficient (Wildman–Crippen LogP) is 2.27. The van der Waals surface area contributed by atoms with E-state index in [0.29, 0.717) is 48.1 Å². The number of ether oxygens (including phenoxy) is 2. The molecule has 1 fully saturated rings. The number of likely N-dealkylation sites (tertiary alicyclic amines) is 1. The molecule has 2 aromatic rings. The zero-order valence-corrected chi connectivity index (χ0v) is 18.3. The maximum atomic E-state index is 13.2. The first-order valence-corrected chi connectivity index (χ1v) is 11.6. The van der Waals surface area contributed by atoms with E-state index in [1.807, 2.05) is 4.90 Å². The second-order valence-corrected chi connectivity index (χ2v) is 9.38. The van der Waals surface area contributed by atoms with Crippen LogP contribution in [0.4, 0.5) is 5.13 Å². The van der Waals surface area contributed by atoms with Gasteiger partial charge in [-0.3, -0.25) is 19.7 Å². The van der Waals surface area contributed by atoms with Crippen LogP contribution in [0.25, 0.3) is 0 Å². The average molecular weight is 457 g/mol. The van der Waals surface area contributed by atoms with Crippen LogP contribution in [0, 0.1) is 5.92 Å². The van der Waals surface area contributed by atoms with E-state index in [1.54, 1.807) is 18.2 Å². The second-order valence-electron chi connectivity index (χ2n) is 8.30. The number of aromatic nitrogens is 1. The lowest BCUT2D eigenvalue weighted by Crippen LogP contribution is -2.44. The number of rotatable bonds is 4. The van der Waals surface area contributed by atoms with Gasteiger partial charge in [0.25, 0.3) is 5.91 Å². The summed E-state index contributed by atoms with van der Waals surface area (Å²) in [5.41, 5.74) is 6.63. The molecule has 1 aromatic carbocycles. The van der Waals surface area contributed by atoms with E-state index >= 15 is 0 Å². The molecule has 0 saturated carbocycles. The van der Waals surface area contributed by atoms with Crippen LogP contribution < -0.4 is 20.5 Å². The Bertz CT molecular complexity index is 1080. The second kappa shape index (κ2) is 8.42. The summed E-state index contributed by atoms with van der Waals surface area (Å²) in [4.78, 5) is 44.8. The van der Waals surface area contributed by atoms with E-state index in [9.17, 15) is 14.4 Å². The molecule has 10 heteroatoms. The van der Waals surface area contributed by atoms with Gasteiger partial charge < -0.3 is 20.1 Å². The van der Waals surface area contributed by atoms with Crippen molar-refractivity contribution in [1.29, 1.82) is 0 Å². The summed E-state index contributed by atoms with van der Waals surface area (Å²) < 4.78 is 10.6. The molecule has 0 bridgehead atoms. The number of primary amides is 1. The average Bonchev–Trinajstić information content (AvgIpc) is 3.44. The number of piperidine rings is 1. The minimum atomic E-state index is -0.309. The SMILES string of the molecule is NC(=O)C1CCN(C(=O)C2CCCc3sc(NC(=O)c4ccc5c(c4)OCO5)nc32)CC1. The molecule has 1 aliphatic carbocycles. The Labute approximate surface area is 188 Å². The molecule has 1 atom stereocenters. The lowest BCUT2D eigenvalue weighted by atomic mass is 9.88. The maximum absolute atomic E-state index is 13.2. The summed E-state index contributed by atoms with van der Waals surface area (Å²) in [6, 6.07) is 5.03. The molecule has 3 heterocycles. The van der Waals surface area contributed by atoms with Crippen LogP contribution in [0.15, 0.2) is 18.2 Å². The van der Waals surface area contributed by atoms with Crippen molar-refractivity contribution in [1.82, 2.24) is 9.88 Å². The van der Waals surface area contributed by atoms with Crippen LogP contribution in [-0.4, -0.2) is 47.5 Å². The van der Waals surface area contributed by atoms with Gasteiger partial charge in [-0.15, -0.1) is 11.3 Å². The number of aryl methyl sites for hydroxylation is 1. The van der Waals surface area contributed by atoms with Crippen LogP contribution in [-0.2, 0) is 16.0 Å². The van der Waals surface area contributed by atoms with Crippen molar-refractivity contribution < 1.29 is 23.9 Å². The molecule has 32 heavy (non-hydrogen) atoms. The normalized spacial score (nSPS) is 20.0. The molecule has 1 aromatic heterocycles. The monoisotopic (exact) mass is 456 g/mol. The van der Waals surface area contributed by atoms with Gasteiger partial charge >= 0.3 is 0 Å². The van der Waals surface area contributed by atoms with Gasteiger partial charge in [-0.1, -0.05) is 0 Å². The predicted molar refractivity (Wildman–Crippen MR) is 117 cm³/mol. The highest BCUT2D eigenvalue weighted by Gasteiger charge is 2.35. The Morgan fingerprint density at radius 1 is 1.12 bits per heavy atom. The molecule has 9 nitrogen and oxygen atoms in total. The van der Waals surface area contributed by atoms with Crippen LogP contribution >= 0.6 is 11.3 Å². The van der Waals surface area contributed by atoms with Crippen LogP contribution in [0.5, 0.6) is 11.5 Å². The van der Waals surface area contributed by atoms with E-state index < -0.39 is 0 Å². The van der Waals surface area contributed by atoms with Crippen LogP contribution in [0.2, 0.25) is 0 Å². The smallest absolute Gasteiger partial charge is 0.257 e. The number of benzene rings is 1. The summed E-state index contributed by atoms with van der Waals surface area (Å²) in [5.74, 6) is 0.168. The number of nitrogens with zero attached hydrogens (tertiary/aromatic N) is 2. The van der Waals surface area contributed by atoms with Gasteiger partial charge in [-0.05, 0) is 50.3 Å². The number of carbonyl (C=O) groups is 3. The summed E-state index contributed by atoms with van der Waals surface area (Å²) >= 11 is 1.42. The summed E-state index contributed by atoms with van der Waals surface area (Å²) in [5, 5.41) is 3.35. The fourth-order valence-corrected chi connectivity index (χ4v) is 5.58. The molecule has 168 valence electrons. The zero-order chi connectivity index (χ0) is 22.2. The lowest BCUT2D eigenvalue weighted by Gasteiger charge is -2.34. The highest BCUT2D eigenvalue weighted by Crippen LogP contribution is 2.39. The number of thiazole rings is 1. The van der Waals surface area contributed by atoms with Crippen molar-refractivity contribution >= 4 is 34.2 Å². The molecule has 3 N–H and O–H groups in total. The quantitative estimate of drug-likeness (QED) is 0.727. The summed E-state index contributed by atoms with van der Waals surface area (Å²) in [6.07, 6.45) is 3.70. The molecular weight excluding hydrogens is 432 g/mol. The Kier molecular flexibility index (Phi) is 5.46. The Balaban J connectivity index is 1.29. The number of nitrogens with two attached hydrogens (primary N) is 1. The standard InChI is InChI=1S/C22H24N4O5S/c23-19(27)12-6-8-26(9-7-12)21(29)14-2-1-3-17-18(14)24-22(32-17)25-20(28)13-4-5-15-16(10-13)31-11-30-15/h4-5,10,12,14H,1-3,6-9,11H2,(H2,23,27)(H,24,25,28). The Hall–Kier alpha value is -3.14. The molecule has 1 saturated heterocycles. The van der Waals surface area contributed by atoms with Gasteiger partial charge in [-0.25, -0.2) is 4.98 Å². The number of anilines is 1. The number of hydrogen-bond acceptors (Lipinski definition) is 7. The molecule has 1 unspecified atom stereocenters. The van der Waals surface area contributed by atoms with Crippen LogP contribution in [0.3, 0.4) is 0 Å². The summed E-state index contributed by atoms with van der Waals surface area (Å²) in [7, 11) is 0. The molecular formula is C22H24N4O5S. The van der Waals surface area contributed by atoms with Gasteiger partial charge in [0.1, 0.15) is 0 Å². The third-order valence-corrected chi connectivity index (χ3v) is 7.36. The summed E-state index contributed by atoms with van der Waals surface area (Å²) in [6.45, 7) is 1.22. The van der Waals surface area contributed by atoms with Gasteiger partial charge in [0.2, 0.25) is 18.6 Å². The van der Waals surface area contributed by atoms with E-state index in [2.05, 4.69) is 10.3 Å². The molecule has 0 spiro atoms. The first-order chi connectivity index (χ1) is 15.5. The van der Waals surface area contributed by atoms with Crippen LogP contribution in [0.1, 0.15) is 52.5 Å². The fourth-order valence-electron chi connectivity index (χ4n) is 4.52. The van der Waals surface area contributed by atoms with E-state index in [0.717, 1.165) is 29.8 Å². The topological polar surface area (TPSA) is 124 Å². The lowest BCUT2D eigenvalue weighted by molar-refractivity contribution is -0.136. The molecule has 0 radical (unpaired) electrons. The molecule has 3 amide bonds. The fraction of sp³-hybridized carbons (Fsp3) is 0.455. The van der Waals surface area contributed by atoms with Crippen molar-refractivity contribution in [3.05, 3.63) is 34.3 Å². The van der Waals surface area contributed by atoms with E-state index in [4.69, 9.17) is 15.2 Å². The van der Waals surface area contributed by atoms with Crippen molar-refractivity contribution in [2.24, 2.45) is 11.7 Å².